The smallest absolute Gasteiger partial charge is 0.237 e. The van der Waals surface area contributed by atoms with Crippen LogP contribution in [-0.2, 0) is 9.53 Å². The second-order valence-corrected chi connectivity index (χ2v) is 7.99. The van der Waals surface area contributed by atoms with E-state index in [1.165, 1.54) is 5.56 Å². The largest absolute Gasteiger partial charge is 0.381 e. The normalized spacial score (nSPS) is 24.5. The molecule has 0 aromatic heterocycles. The van der Waals surface area contributed by atoms with E-state index in [1.807, 2.05) is 36.9 Å². The third-order valence-corrected chi connectivity index (χ3v) is 6.03. The molecule has 3 atom stereocenters. The molecule has 0 aliphatic carbocycles. The fourth-order valence-electron chi connectivity index (χ4n) is 3.49. The van der Waals surface area contributed by atoms with E-state index in [9.17, 15) is 4.79 Å². The summed E-state index contributed by atoms with van der Waals surface area (Å²) < 4.78 is 5.52. The summed E-state index contributed by atoms with van der Waals surface area (Å²) in [5.41, 5.74) is 1.19. The zero-order valence-corrected chi connectivity index (χ0v) is 15.3. The molecule has 1 N–H and O–H groups in total. The molecule has 0 unspecified atom stereocenters. The summed E-state index contributed by atoms with van der Waals surface area (Å²) in [4.78, 5) is 15.1. The van der Waals surface area contributed by atoms with Crippen molar-refractivity contribution in [3.8, 4) is 0 Å². The van der Waals surface area contributed by atoms with E-state index in [1.54, 1.807) is 0 Å². The van der Waals surface area contributed by atoms with Crippen molar-refractivity contribution in [1.82, 2.24) is 10.2 Å². The van der Waals surface area contributed by atoms with Crippen LogP contribution < -0.4 is 5.32 Å². The van der Waals surface area contributed by atoms with Gasteiger partial charge in [-0.05, 0) is 31.2 Å². The Morgan fingerprint density at radius 3 is 2.75 bits per heavy atom. The topological polar surface area (TPSA) is 41.6 Å². The van der Waals surface area contributed by atoms with E-state index in [2.05, 4.69) is 22.3 Å². The Labute approximate surface area is 149 Å². The number of carbonyl (C=O) groups excluding carboxylic acids is 1. The maximum Gasteiger partial charge on any atom is 0.237 e. The van der Waals surface area contributed by atoms with Crippen LogP contribution in [0.5, 0.6) is 0 Å². The lowest BCUT2D eigenvalue weighted by Crippen LogP contribution is -2.49. The Balaban J connectivity index is 1.64. The highest BCUT2D eigenvalue weighted by molar-refractivity contribution is 7.99. The first-order chi connectivity index (χ1) is 11.7. The quantitative estimate of drug-likeness (QED) is 0.858. The standard InChI is InChI=1S/C19H28N2O2S/c1-15(21-8-11-24-12-9-21)19(22)20-18(13-16-7-10-23-14-16)17-5-3-2-4-6-17/h2-6,15-16,18H,7-14H2,1H3,(H,20,22)/t15-,16-,18+/m1/s1. The third-order valence-electron chi connectivity index (χ3n) is 5.08. The average Bonchev–Trinajstić information content (AvgIpc) is 3.15. The summed E-state index contributed by atoms with van der Waals surface area (Å²) in [5.74, 6) is 2.94. The molecule has 0 saturated carbocycles. The minimum absolute atomic E-state index is 0.0584. The molecule has 0 spiro atoms. The first-order valence-corrected chi connectivity index (χ1v) is 10.1. The van der Waals surface area contributed by atoms with Gasteiger partial charge in [-0.25, -0.2) is 0 Å². The highest BCUT2D eigenvalue weighted by atomic mass is 32.2. The van der Waals surface area contributed by atoms with Gasteiger partial charge in [-0.15, -0.1) is 0 Å². The Kier molecular flexibility index (Phi) is 6.58. The van der Waals surface area contributed by atoms with Crippen LogP contribution in [0, 0.1) is 5.92 Å². The fraction of sp³-hybridized carbons (Fsp3) is 0.632. The summed E-state index contributed by atoms with van der Waals surface area (Å²) in [6, 6.07) is 10.4. The Morgan fingerprint density at radius 1 is 1.33 bits per heavy atom. The lowest BCUT2D eigenvalue weighted by atomic mass is 9.94. The van der Waals surface area contributed by atoms with Crippen LogP contribution in [0.4, 0.5) is 0 Å². The molecule has 2 saturated heterocycles. The summed E-state index contributed by atoms with van der Waals surface area (Å²) in [6.45, 7) is 5.71. The van der Waals surface area contributed by atoms with Gasteiger partial charge in [0.15, 0.2) is 0 Å². The maximum atomic E-state index is 12.8. The first-order valence-electron chi connectivity index (χ1n) is 8.99. The summed E-state index contributed by atoms with van der Waals surface area (Å²) >= 11 is 1.97. The second kappa shape index (κ2) is 8.88. The van der Waals surface area contributed by atoms with E-state index in [0.717, 1.165) is 50.7 Å². The predicted molar refractivity (Wildman–Crippen MR) is 99.2 cm³/mol. The number of benzene rings is 1. The SMILES string of the molecule is C[C@H](C(=O)N[C@@H](C[C@H]1CCOC1)c1ccccc1)N1CCSCC1. The van der Waals surface area contributed by atoms with Crippen molar-refractivity contribution in [2.75, 3.05) is 37.8 Å². The zero-order valence-electron chi connectivity index (χ0n) is 14.4. The van der Waals surface area contributed by atoms with Crippen LogP contribution in [0.25, 0.3) is 0 Å². The summed E-state index contributed by atoms with van der Waals surface area (Å²) in [7, 11) is 0. The van der Waals surface area contributed by atoms with Crippen LogP contribution in [0.2, 0.25) is 0 Å². The molecule has 1 aromatic carbocycles. The number of thioether (sulfide) groups is 1. The van der Waals surface area contributed by atoms with Crippen molar-refractivity contribution in [3.05, 3.63) is 35.9 Å². The highest BCUT2D eigenvalue weighted by Gasteiger charge is 2.27. The van der Waals surface area contributed by atoms with Gasteiger partial charge in [-0.2, -0.15) is 11.8 Å². The number of amides is 1. The van der Waals surface area contributed by atoms with Crippen LogP contribution >= 0.6 is 11.8 Å². The van der Waals surface area contributed by atoms with Crippen molar-refractivity contribution in [1.29, 1.82) is 0 Å². The number of ether oxygens (including phenoxy) is 1. The fourth-order valence-corrected chi connectivity index (χ4v) is 4.42. The number of nitrogens with one attached hydrogen (secondary N) is 1. The van der Waals surface area contributed by atoms with Crippen molar-refractivity contribution in [3.63, 3.8) is 0 Å². The lowest BCUT2D eigenvalue weighted by molar-refractivity contribution is -0.126. The predicted octanol–water partition coefficient (Wildman–Crippen LogP) is 2.71. The van der Waals surface area contributed by atoms with E-state index >= 15 is 0 Å². The lowest BCUT2D eigenvalue weighted by Gasteiger charge is -2.32. The van der Waals surface area contributed by atoms with Gasteiger partial charge in [-0.3, -0.25) is 9.69 Å². The van der Waals surface area contributed by atoms with E-state index in [0.29, 0.717) is 5.92 Å². The molecule has 5 heteroatoms. The van der Waals surface area contributed by atoms with Crippen molar-refractivity contribution < 1.29 is 9.53 Å². The van der Waals surface area contributed by atoms with E-state index in [-0.39, 0.29) is 18.0 Å². The van der Waals surface area contributed by atoms with E-state index < -0.39 is 0 Å². The Hall–Kier alpha value is -1.04. The number of hydrogen-bond donors (Lipinski definition) is 1. The van der Waals surface area contributed by atoms with Gasteiger partial charge >= 0.3 is 0 Å². The molecule has 2 aliphatic heterocycles. The monoisotopic (exact) mass is 348 g/mol. The Morgan fingerprint density at radius 2 is 2.08 bits per heavy atom. The van der Waals surface area contributed by atoms with Crippen LogP contribution in [0.1, 0.15) is 31.4 Å². The Bertz CT molecular complexity index is 513. The third kappa shape index (κ3) is 4.74. The van der Waals surface area contributed by atoms with Gasteiger partial charge < -0.3 is 10.1 Å². The zero-order chi connectivity index (χ0) is 16.8. The minimum atomic E-state index is -0.0584. The van der Waals surface area contributed by atoms with Gasteiger partial charge in [-0.1, -0.05) is 30.3 Å². The molecule has 3 rings (SSSR count). The molecule has 0 bridgehead atoms. The molecule has 24 heavy (non-hydrogen) atoms. The number of rotatable bonds is 6. The molecular formula is C19H28N2O2S. The number of hydrogen-bond acceptors (Lipinski definition) is 4. The molecule has 1 aromatic rings. The molecule has 132 valence electrons. The van der Waals surface area contributed by atoms with Crippen molar-refractivity contribution in [2.24, 2.45) is 5.92 Å². The molecular weight excluding hydrogens is 320 g/mol. The van der Waals surface area contributed by atoms with Gasteiger partial charge in [0, 0.05) is 37.8 Å². The number of carbonyl (C=O) groups is 1. The molecule has 4 nitrogen and oxygen atoms in total. The second-order valence-electron chi connectivity index (χ2n) is 6.76. The van der Waals surface area contributed by atoms with Crippen LogP contribution in [0.15, 0.2) is 30.3 Å². The average molecular weight is 349 g/mol. The van der Waals surface area contributed by atoms with Crippen molar-refractivity contribution in [2.45, 2.75) is 31.8 Å². The molecule has 0 radical (unpaired) electrons. The van der Waals surface area contributed by atoms with Crippen molar-refractivity contribution >= 4 is 17.7 Å². The maximum absolute atomic E-state index is 12.8. The van der Waals surface area contributed by atoms with Gasteiger partial charge in [0.1, 0.15) is 0 Å². The van der Waals surface area contributed by atoms with E-state index in [4.69, 9.17) is 4.74 Å². The van der Waals surface area contributed by atoms with Gasteiger partial charge in [0.2, 0.25) is 5.91 Å². The van der Waals surface area contributed by atoms with Gasteiger partial charge in [0.05, 0.1) is 12.1 Å². The van der Waals surface area contributed by atoms with Gasteiger partial charge in [0.25, 0.3) is 0 Å². The van der Waals surface area contributed by atoms with Crippen LogP contribution in [0.3, 0.4) is 0 Å². The molecule has 2 fully saturated rings. The molecule has 1 amide bonds. The van der Waals surface area contributed by atoms with Crippen LogP contribution in [-0.4, -0.2) is 54.7 Å². The first kappa shape index (κ1) is 17.8. The highest BCUT2D eigenvalue weighted by Crippen LogP contribution is 2.27. The summed E-state index contributed by atoms with van der Waals surface area (Å²) in [5, 5.41) is 3.31. The summed E-state index contributed by atoms with van der Waals surface area (Å²) in [6.07, 6.45) is 2.05. The number of nitrogens with zero attached hydrogens (tertiary/aromatic N) is 1. The molecule has 2 aliphatic rings. The molecule has 2 heterocycles. The minimum Gasteiger partial charge on any atom is -0.381 e.